The number of rotatable bonds is 14. The number of benzene rings is 3. The first kappa shape index (κ1) is 32.9. The van der Waals surface area contributed by atoms with E-state index in [2.05, 4.69) is 22.6 Å². The van der Waals surface area contributed by atoms with Crippen LogP contribution >= 0.6 is 0 Å². The number of ether oxygens (including phenoxy) is 7. The van der Waals surface area contributed by atoms with Crippen LogP contribution in [0, 0.1) is 11.6 Å². The van der Waals surface area contributed by atoms with E-state index in [4.69, 9.17) is 23.7 Å². The van der Waals surface area contributed by atoms with Crippen LogP contribution in [0.15, 0.2) is 79.9 Å². The first-order valence-corrected chi connectivity index (χ1v) is 12.0. The van der Waals surface area contributed by atoms with Gasteiger partial charge in [-0.2, -0.15) is 13.2 Å². The van der Waals surface area contributed by atoms with E-state index in [-0.39, 0.29) is 11.5 Å². The summed E-state index contributed by atoms with van der Waals surface area (Å²) in [6.07, 6.45) is -3.20. The largest absolute Gasteiger partial charge is 0.457 e. The third kappa shape index (κ3) is 9.47. The second kappa shape index (κ2) is 15.0. The maximum absolute atomic E-state index is 14.4. The molecule has 15 heteroatoms. The smallest absolute Gasteiger partial charge is 0.420 e. The van der Waals surface area contributed by atoms with E-state index < -0.39 is 84.5 Å². The average Bonchev–Trinajstić information content (AvgIpc) is 2.98. The molecule has 0 radical (unpaired) electrons. The van der Waals surface area contributed by atoms with Gasteiger partial charge >= 0.3 is 24.1 Å². The van der Waals surface area contributed by atoms with Gasteiger partial charge in [0.05, 0.1) is 5.56 Å². The highest BCUT2D eigenvalue weighted by molar-refractivity contribution is 5.91. The summed E-state index contributed by atoms with van der Waals surface area (Å²) >= 11 is 0. The molecule has 0 amide bonds. The fourth-order valence-electron chi connectivity index (χ4n) is 3.11. The Hall–Kier alpha value is -5.60. The van der Waals surface area contributed by atoms with E-state index in [9.17, 15) is 36.3 Å². The van der Waals surface area contributed by atoms with Gasteiger partial charge in [-0.25, -0.2) is 23.2 Å². The van der Waals surface area contributed by atoms with Crippen LogP contribution in [-0.2, 0) is 25.2 Å². The summed E-state index contributed by atoms with van der Waals surface area (Å²) in [6, 6.07) is 8.33. The van der Waals surface area contributed by atoms with E-state index in [0.29, 0.717) is 6.07 Å². The molecule has 3 aromatic rings. The lowest BCUT2D eigenvalue weighted by Crippen LogP contribution is -2.15. The van der Waals surface area contributed by atoms with Crippen LogP contribution in [0.2, 0.25) is 0 Å². The number of alkyl halides is 3. The summed E-state index contributed by atoms with van der Waals surface area (Å²) < 4.78 is 104. The van der Waals surface area contributed by atoms with Crippen molar-refractivity contribution in [2.45, 2.75) is 6.18 Å². The van der Waals surface area contributed by atoms with E-state index in [1.54, 1.807) is 0 Å². The molecule has 0 aliphatic rings. The van der Waals surface area contributed by atoms with Gasteiger partial charge in [-0.1, -0.05) is 13.2 Å². The lowest BCUT2D eigenvalue weighted by atomic mass is 10.1. The molecule has 3 aromatic carbocycles. The van der Waals surface area contributed by atoms with Crippen LogP contribution in [0.25, 0.3) is 0 Å². The summed E-state index contributed by atoms with van der Waals surface area (Å²) in [6.45, 7) is 4.44. The zero-order valence-electron chi connectivity index (χ0n) is 22.4. The predicted octanol–water partition coefficient (Wildman–Crippen LogP) is 5.75. The monoisotopic (exact) mass is 624 g/mol. The molecule has 44 heavy (non-hydrogen) atoms. The summed E-state index contributed by atoms with van der Waals surface area (Å²) in [5, 5.41) is 0. The van der Waals surface area contributed by atoms with Crippen LogP contribution in [0.3, 0.4) is 0 Å². The molecule has 3 rings (SSSR count). The predicted molar refractivity (Wildman–Crippen MR) is 139 cm³/mol. The van der Waals surface area contributed by atoms with Crippen LogP contribution in [0.5, 0.6) is 28.7 Å². The SMILES string of the molecule is C=CC(=O)OCOc1ccc(OCOc2ccc(OC(=O)c3ccc(OCOC(=O)C=C)cc3F)cc2C(F)(F)F)c(F)c1. The lowest BCUT2D eigenvalue weighted by molar-refractivity contribution is -0.145. The molecule has 0 saturated carbocycles. The van der Waals surface area contributed by atoms with Crippen LogP contribution in [0.1, 0.15) is 15.9 Å². The maximum atomic E-state index is 14.4. The number of carbonyl (C=O) groups is 3. The molecule has 0 aliphatic heterocycles. The molecule has 0 N–H and O–H groups in total. The molecule has 0 aliphatic carbocycles. The van der Waals surface area contributed by atoms with Crippen LogP contribution in [-0.4, -0.2) is 38.3 Å². The van der Waals surface area contributed by atoms with Crippen molar-refractivity contribution in [3.8, 4) is 28.7 Å². The summed E-state index contributed by atoms with van der Waals surface area (Å²) in [5.41, 5.74) is -2.00. The van der Waals surface area contributed by atoms with Crippen molar-refractivity contribution in [1.29, 1.82) is 0 Å². The van der Waals surface area contributed by atoms with Crippen molar-refractivity contribution >= 4 is 17.9 Å². The average molecular weight is 624 g/mol. The van der Waals surface area contributed by atoms with Gasteiger partial charge in [0.2, 0.25) is 20.4 Å². The van der Waals surface area contributed by atoms with Crippen molar-refractivity contribution in [3.05, 3.63) is 103 Å². The van der Waals surface area contributed by atoms with Crippen molar-refractivity contribution in [2.75, 3.05) is 20.4 Å². The Morgan fingerprint density at radius 1 is 0.659 bits per heavy atom. The van der Waals surface area contributed by atoms with Crippen LogP contribution < -0.4 is 23.7 Å². The Labute approximate surface area is 245 Å². The molecule has 0 bridgehead atoms. The molecular weight excluding hydrogens is 603 g/mol. The molecule has 232 valence electrons. The number of hydrogen-bond donors (Lipinski definition) is 0. The van der Waals surface area contributed by atoms with E-state index >= 15 is 0 Å². The molecule has 0 fully saturated rings. The van der Waals surface area contributed by atoms with Gasteiger partial charge in [0.1, 0.15) is 34.4 Å². The second-order valence-electron chi connectivity index (χ2n) is 8.05. The summed E-state index contributed by atoms with van der Waals surface area (Å²) in [4.78, 5) is 34.4. The Kier molecular flexibility index (Phi) is 11.2. The fourth-order valence-corrected chi connectivity index (χ4v) is 3.11. The van der Waals surface area contributed by atoms with Gasteiger partial charge in [-0.15, -0.1) is 0 Å². The fraction of sp³-hybridized carbons (Fsp3) is 0.138. The second-order valence-corrected chi connectivity index (χ2v) is 8.05. The summed E-state index contributed by atoms with van der Waals surface area (Å²) in [5.74, 6) is -6.83. The Bertz CT molecular complexity index is 1540. The van der Waals surface area contributed by atoms with Crippen molar-refractivity contribution in [1.82, 2.24) is 0 Å². The first-order valence-electron chi connectivity index (χ1n) is 12.0. The zero-order valence-corrected chi connectivity index (χ0v) is 22.4. The normalized spacial score (nSPS) is 10.7. The Morgan fingerprint density at radius 3 is 1.73 bits per heavy atom. The standard InChI is InChI=1S/C29H21F5O10/c1-3-26(35)42-14-38-17-5-8-20(22(30)12-17)28(37)44-19-7-9-24(21(11-19)29(32,33)34)40-16-41-25-10-6-18(13-23(25)31)39-15-43-27(36)4-2/h3-13H,1-2,14-16H2. The summed E-state index contributed by atoms with van der Waals surface area (Å²) in [7, 11) is 0. The molecular formula is C29H21F5O10. The van der Waals surface area contributed by atoms with Crippen molar-refractivity contribution < 1.29 is 69.5 Å². The third-order valence-electron chi connectivity index (χ3n) is 5.15. The first-order chi connectivity index (χ1) is 20.9. The van der Waals surface area contributed by atoms with Gasteiger partial charge in [-0.3, -0.25) is 0 Å². The van der Waals surface area contributed by atoms with E-state index in [0.717, 1.165) is 54.6 Å². The minimum absolute atomic E-state index is 0.0344. The molecule has 0 saturated heterocycles. The number of halogens is 5. The quantitative estimate of drug-likeness (QED) is 0.0722. The highest BCUT2D eigenvalue weighted by Gasteiger charge is 2.35. The van der Waals surface area contributed by atoms with E-state index in [1.807, 2.05) is 0 Å². The van der Waals surface area contributed by atoms with Gasteiger partial charge in [-0.05, 0) is 42.5 Å². The third-order valence-corrected chi connectivity index (χ3v) is 5.15. The zero-order chi connectivity index (χ0) is 32.3. The van der Waals surface area contributed by atoms with Gasteiger partial charge in [0.15, 0.2) is 11.6 Å². The molecule has 0 heterocycles. The minimum atomic E-state index is -4.99. The Balaban J connectivity index is 1.62. The van der Waals surface area contributed by atoms with Gasteiger partial charge in [0.25, 0.3) is 0 Å². The van der Waals surface area contributed by atoms with Gasteiger partial charge in [0, 0.05) is 24.3 Å². The number of esters is 3. The molecule has 0 spiro atoms. The molecule has 10 nitrogen and oxygen atoms in total. The lowest BCUT2D eigenvalue weighted by Gasteiger charge is -2.16. The van der Waals surface area contributed by atoms with Gasteiger partial charge < -0.3 is 33.2 Å². The molecule has 0 aromatic heterocycles. The van der Waals surface area contributed by atoms with Crippen LogP contribution in [0.4, 0.5) is 22.0 Å². The van der Waals surface area contributed by atoms with Crippen molar-refractivity contribution in [2.24, 2.45) is 0 Å². The molecule has 0 unspecified atom stereocenters. The number of carbonyl (C=O) groups excluding carboxylic acids is 3. The topological polar surface area (TPSA) is 116 Å². The number of hydrogen-bond acceptors (Lipinski definition) is 10. The molecule has 0 atom stereocenters. The highest BCUT2D eigenvalue weighted by atomic mass is 19.4. The minimum Gasteiger partial charge on any atom is -0.457 e. The Morgan fingerprint density at radius 2 is 1.18 bits per heavy atom. The maximum Gasteiger partial charge on any atom is 0.420 e. The highest BCUT2D eigenvalue weighted by Crippen LogP contribution is 2.39. The van der Waals surface area contributed by atoms with E-state index in [1.165, 1.54) is 6.07 Å². The van der Waals surface area contributed by atoms with Crippen molar-refractivity contribution in [3.63, 3.8) is 0 Å².